The van der Waals surface area contributed by atoms with E-state index >= 15 is 0 Å². The van der Waals surface area contributed by atoms with Crippen molar-refractivity contribution >= 4 is 0 Å². The third-order valence-electron chi connectivity index (χ3n) is 2.88. The summed E-state index contributed by atoms with van der Waals surface area (Å²) < 4.78 is 5.33. The van der Waals surface area contributed by atoms with E-state index in [4.69, 9.17) is 10.5 Å². The molecule has 4 nitrogen and oxygen atoms in total. The highest BCUT2D eigenvalue weighted by molar-refractivity contribution is 5.15. The summed E-state index contributed by atoms with van der Waals surface area (Å²) in [7, 11) is 0. The van der Waals surface area contributed by atoms with Crippen molar-refractivity contribution in [2.24, 2.45) is 11.7 Å². The van der Waals surface area contributed by atoms with Gasteiger partial charge in [0.05, 0.1) is 12.3 Å². The minimum Gasteiger partial charge on any atom is -0.381 e. The van der Waals surface area contributed by atoms with Gasteiger partial charge < -0.3 is 15.8 Å². The van der Waals surface area contributed by atoms with Gasteiger partial charge in [0.2, 0.25) is 0 Å². The van der Waals surface area contributed by atoms with Crippen molar-refractivity contribution < 1.29 is 4.74 Å². The third-order valence-corrected chi connectivity index (χ3v) is 2.88. The Kier molecular flexibility index (Phi) is 4.27. The zero-order valence-corrected chi connectivity index (χ0v) is 9.48. The first-order valence-corrected chi connectivity index (χ1v) is 5.81. The number of ether oxygens (including phenoxy) is 1. The van der Waals surface area contributed by atoms with Crippen molar-refractivity contribution in [2.75, 3.05) is 19.8 Å². The van der Waals surface area contributed by atoms with Gasteiger partial charge in [-0.15, -0.1) is 0 Å². The summed E-state index contributed by atoms with van der Waals surface area (Å²) >= 11 is 0. The minimum absolute atomic E-state index is 0.504. The fourth-order valence-electron chi connectivity index (χ4n) is 1.91. The lowest BCUT2D eigenvalue weighted by molar-refractivity contribution is 0.185. The van der Waals surface area contributed by atoms with E-state index in [9.17, 15) is 0 Å². The van der Waals surface area contributed by atoms with Gasteiger partial charge in [-0.2, -0.15) is 0 Å². The molecule has 1 aliphatic rings. The van der Waals surface area contributed by atoms with Gasteiger partial charge in [0, 0.05) is 32.4 Å². The summed E-state index contributed by atoms with van der Waals surface area (Å²) in [4.78, 5) is 4.17. The highest BCUT2D eigenvalue weighted by atomic mass is 16.5. The van der Waals surface area contributed by atoms with Crippen LogP contribution < -0.4 is 11.1 Å². The fraction of sp³-hybridized carbons (Fsp3) is 0.583. The molecule has 1 atom stereocenters. The number of nitrogens with two attached hydrogens (primary N) is 1. The number of hydrogen-bond donors (Lipinski definition) is 2. The molecule has 1 fully saturated rings. The van der Waals surface area contributed by atoms with Gasteiger partial charge in [-0.1, -0.05) is 0 Å². The predicted molar refractivity (Wildman–Crippen MR) is 62.8 cm³/mol. The molecule has 0 aliphatic carbocycles. The quantitative estimate of drug-likeness (QED) is 0.767. The number of nitrogens with one attached hydrogen (secondary N) is 1. The van der Waals surface area contributed by atoms with Gasteiger partial charge in [-0.25, -0.2) is 0 Å². The molecule has 1 saturated heterocycles. The van der Waals surface area contributed by atoms with Crippen molar-refractivity contribution in [1.82, 2.24) is 10.3 Å². The Balaban J connectivity index is 1.75. The second-order valence-corrected chi connectivity index (χ2v) is 4.22. The molecule has 1 aromatic heterocycles. The average molecular weight is 221 g/mol. The molecule has 0 spiro atoms. The van der Waals surface area contributed by atoms with Crippen LogP contribution in [0.25, 0.3) is 0 Å². The van der Waals surface area contributed by atoms with E-state index in [2.05, 4.69) is 16.4 Å². The van der Waals surface area contributed by atoms with Crippen molar-refractivity contribution in [1.29, 1.82) is 0 Å². The summed E-state index contributed by atoms with van der Waals surface area (Å²) in [5.74, 6) is 0.677. The third kappa shape index (κ3) is 3.27. The van der Waals surface area contributed by atoms with E-state index in [1.807, 2.05) is 12.3 Å². The second kappa shape index (κ2) is 5.94. The molecule has 1 aliphatic heterocycles. The Hall–Kier alpha value is -0.970. The first-order chi connectivity index (χ1) is 7.88. The smallest absolute Gasteiger partial charge is 0.0542 e. The monoisotopic (exact) mass is 221 g/mol. The van der Waals surface area contributed by atoms with Crippen LogP contribution in [-0.4, -0.2) is 24.7 Å². The van der Waals surface area contributed by atoms with Crippen LogP contribution in [-0.2, 0) is 17.8 Å². The van der Waals surface area contributed by atoms with Crippen molar-refractivity contribution in [2.45, 2.75) is 19.5 Å². The number of hydrogen-bond acceptors (Lipinski definition) is 4. The maximum absolute atomic E-state index is 5.55. The Bertz CT molecular complexity index is 324. The maximum Gasteiger partial charge on any atom is 0.0542 e. The first-order valence-electron chi connectivity index (χ1n) is 5.81. The summed E-state index contributed by atoms with van der Waals surface area (Å²) in [6, 6.07) is 4.08. The molecule has 2 rings (SSSR count). The highest BCUT2D eigenvalue weighted by Gasteiger charge is 2.14. The lowest BCUT2D eigenvalue weighted by atomic mass is 10.1. The van der Waals surface area contributed by atoms with Gasteiger partial charge in [-0.3, -0.25) is 4.98 Å². The van der Waals surface area contributed by atoms with E-state index in [-0.39, 0.29) is 0 Å². The second-order valence-electron chi connectivity index (χ2n) is 4.22. The molecule has 4 heteroatoms. The highest BCUT2D eigenvalue weighted by Crippen LogP contribution is 2.11. The minimum atomic E-state index is 0.504. The molecule has 88 valence electrons. The lowest BCUT2D eigenvalue weighted by Crippen LogP contribution is -2.22. The molecular weight excluding hydrogens is 202 g/mol. The van der Waals surface area contributed by atoms with E-state index in [0.29, 0.717) is 12.5 Å². The average Bonchev–Trinajstić information content (AvgIpc) is 2.82. The molecular formula is C12H19N3O. The van der Waals surface area contributed by atoms with E-state index in [1.165, 1.54) is 12.0 Å². The molecule has 0 saturated carbocycles. The Morgan fingerprint density at radius 3 is 3.25 bits per heavy atom. The standard InChI is InChI=1S/C12H19N3O/c13-6-12-5-10(1-3-15-12)7-14-8-11-2-4-16-9-11/h1,3,5,11,14H,2,4,6-9,13H2. The number of nitrogens with zero attached hydrogens (tertiary/aromatic N) is 1. The summed E-state index contributed by atoms with van der Waals surface area (Å²) in [6.07, 6.45) is 3.00. The van der Waals surface area contributed by atoms with Gasteiger partial charge in [0.15, 0.2) is 0 Å². The van der Waals surface area contributed by atoms with Crippen LogP contribution in [0.4, 0.5) is 0 Å². The Morgan fingerprint density at radius 1 is 1.56 bits per heavy atom. The van der Waals surface area contributed by atoms with Crippen molar-refractivity contribution in [3.05, 3.63) is 29.6 Å². The molecule has 2 heterocycles. The van der Waals surface area contributed by atoms with Crippen molar-refractivity contribution in [3.8, 4) is 0 Å². The van der Waals surface area contributed by atoms with E-state index in [0.717, 1.165) is 32.0 Å². The van der Waals surface area contributed by atoms with Crippen molar-refractivity contribution in [3.63, 3.8) is 0 Å². The molecule has 0 bridgehead atoms. The van der Waals surface area contributed by atoms with Gasteiger partial charge in [0.1, 0.15) is 0 Å². The molecule has 3 N–H and O–H groups in total. The SMILES string of the molecule is NCc1cc(CNCC2CCOC2)ccn1. The molecule has 16 heavy (non-hydrogen) atoms. The zero-order chi connectivity index (χ0) is 11.2. The van der Waals surface area contributed by atoms with Gasteiger partial charge in [0.25, 0.3) is 0 Å². The Morgan fingerprint density at radius 2 is 2.50 bits per heavy atom. The summed E-state index contributed by atoms with van der Waals surface area (Å²) in [5, 5.41) is 3.45. The topological polar surface area (TPSA) is 60.2 Å². The predicted octanol–water partition coefficient (Wildman–Crippen LogP) is 0.666. The largest absolute Gasteiger partial charge is 0.381 e. The van der Waals surface area contributed by atoms with Crippen LogP contribution in [0.3, 0.4) is 0 Å². The van der Waals surface area contributed by atoms with Crippen LogP contribution in [0.1, 0.15) is 17.7 Å². The molecule has 0 radical (unpaired) electrons. The zero-order valence-electron chi connectivity index (χ0n) is 9.48. The van der Waals surface area contributed by atoms with E-state index < -0.39 is 0 Å². The summed E-state index contributed by atoms with van der Waals surface area (Å²) in [5.41, 5.74) is 7.74. The lowest BCUT2D eigenvalue weighted by Gasteiger charge is -2.09. The molecule has 0 aromatic carbocycles. The van der Waals surface area contributed by atoms with Crippen LogP contribution in [0.5, 0.6) is 0 Å². The number of pyridine rings is 1. The Labute approximate surface area is 96.2 Å². The summed E-state index contributed by atoms with van der Waals surface area (Å²) in [6.45, 7) is 4.23. The van der Waals surface area contributed by atoms with Crippen LogP contribution in [0.2, 0.25) is 0 Å². The number of aromatic nitrogens is 1. The normalized spacial score (nSPS) is 20.2. The molecule has 0 amide bonds. The van der Waals surface area contributed by atoms with Gasteiger partial charge in [-0.05, 0) is 30.0 Å². The van der Waals surface area contributed by atoms with Gasteiger partial charge >= 0.3 is 0 Å². The van der Waals surface area contributed by atoms with E-state index in [1.54, 1.807) is 0 Å². The maximum atomic E-state index is 5.55. The fourth-order valence-corrected chi connectivity index (χ4v) is 1.91. The van der Waals surface area contributed by atoms with Crippen LogP contribution >= 0.6 is 0 Å². The van der Waals surface area contributed by atoms with Crippen LogP contribution in [0.15, 0.2) is 18.3 Å². The molecule has 1 unspecified atom stereocenters. The number of rotatable bonds is 5. The van der Waals surface area contributed by atoms with Crippen LogP contribution in [0, 0.1) is 5.92 Å². The first kappa shape index (κ1) is 11.5. The molecule has 1 aromatic rings.